The summed E-state index contributed by atoms with van der Waals surface area (Å²) < 4.78 is 0. The van der Waals surface area contributed by atoms with Crippen molar-refractivity contribution in [2.45, 2.75) is 12.8 Å². The molecule has 1 aromatic carbocycles. The first kappa shape index (κ1) is 14.8. The summed E-state index contributed by atoms with van der Waals surface area (Å²) in [5, 5.41) is 9.91. The minimum atomic E-state index is 0.00406. The van der Waals surface area contributed by atoms with Crippen molar-refractivity contribution in [3.63, 3.8) is 0 Å². The molecule has 1 fully saturated rings. The Balaban J connectivity index is 1.56. The predicted octanol–water partition coefficient (Wildman–Crippen LogP) is 2.15. The highest BCUT2D eigenvalue weighted by atomic mass is 16.1. The molecule has 3 rings (SSSR count). The summed E-state index contributed by atoms with van der Waals surface area (Å²) in [4.78, 5) is 14.6. The van der Waals surface area contributed by atoms with Gasteiger partial charge in [0.2, 0.25) is 0 Å². The van der Waals surface area contributed by atoms with E-state index in [1.807, 2.05) is 30.3 Å². The molecule has 116 valence electrons. The zero-order valence-corrected chi connectivity index (χ0v) is 12.9. The molecule has 0 saturated carbocycles. The van der Waals surface area contributed by atoms with Crippen LogP contribution in [-0.2, 0) is 0 Å². The molecular formula is C17H22N4O. The largest absolute Gasteiger partial charge is 0.352 e. The van der Waals surface area contributed by atoms with Crippen LogP contribution >= 0.6 is 0 Å². The SMILES string of the molecule is CN1CCC[C@@H](CNC(=O)c2ccc(-c3ccn[nH]3)cc2)C1. The summed E-state index contributed by atoms with van der Waals surface area (Å²) in [6.07, 6.45) is 4.14. The molecular weight excluding hydrogens is 276 g/mol. The molecule has 22 heavy (non-hydrogen) atoms. The van der Waals surface area contributed by atoms with Crippen molar-refractivity contribution < 1.29 is 4.79 Å². The average Bonchev–Trinajstić information content (AvgIpc) is 3.07. The van der Waals surface area contributed by atoms with Gasteiger partial charge < -0.3 is 10.2 Å². The van der Waals surface area contributed by atoms with E-state index >= 15 is 0 Å². The van der Waals surface area contributed by atoms with Crippen LogP contribution in [0.15, 0.2) is 36.5 Å². The molecule has 2 aromatic rings. The quantitative estimate of drug-likeness (QED) is 0.909. The molecule has 1 aliphatic rings. The smallest absolute Gasteiger partial charge is 0.251 e. The van der Waals surface area contributed by atoms with Crippen molar-refractivity contribution in [1.82, 2.24) is 20.4 Å². The summed E-state index contributed by atoms with van der Waals surface area (Å²) in [5.41, 5.74) is 2.69. The van der Waals surface area contributed by atoms with Gasteiger partial charge in [-0.25, -0.2) is 0 Å². The van der Waals surface area contributed by atoms with Crippen molar-refractivity contribution in [2.24, 2.45) is 5.92 Å². The van der Waals surface area contributed by atoms with Crippen LogP contribution in [0.3, 0.4) is 0 Å². The van der Waals surface area contributed by atoms with E-state index < -0.39 is 0 Å². The number of benzene rings is 1. The molecule has 0 bridgehead atoms. The summed E-state index contributed by atoms with van der Waals surface area (Å²) in [6, 6.07) is 9.51. The number of H-pyrrole nitrogens is 1. The highest BCUT2D eigenvalue weighted by Gasteiger charge is 2.18. The number of aromatic nitrogens is 2. The van der Waals surface area contributed by atoms with Gasteiger partial charge in [0.05, 0.1) is 5.69 Å². The van der Waals surface area contributed by atoms with E-state index in [2.05, 4.69) is 27.5 Å². The van der Waals surface area contributed by atoms with E-state index in [9.17, 15) is 4.79 Å². The average molecular weight is 298 g/mol. The number of aromatic amines is 1. The zero-order chi connectivity index (χ0) is 15.4. The molecule has 1 aromatic heterocycles. The van der Waals surface area contributed by atoms with Gasteiger partial charge in [-0.05, 0) is 56.1 Å². The Bertz CT molecular complexity index is 606. The minimum absolute atomic E-state index is 0.00406. The van der Waals surface area contributed by atoms with Crippen LogP contribution < -0.4 is 5.32 Å². The lowest BCUT2D eigenvalue weighted by Crippen LogP contribution is -2.39. The normalized spacial score (nSPS) is 19.0. The Labute approximate surface area is 130 Å². The van der Waals surface area contributed by atoms with Crippen LogP contribution in [0.2, 0.25) is 0 Å². The Kier molecular flexibility index (Phi) is 4.53. The molecule has 1 atom stereocenters. The lowest BCUT2D eigenvalue weighted by Gasteiger charge is -2.29. The molecule has 5 nitrogen and oxygen atoms in total. The number of hydrogen-bond donors (Lipinski definition) is 2. The van der Waals surface area contributed by atoms with E-state index in [0.717, 1.165) is 24.3 Å². The van der Waals surface area contributed by atoms with E-state index in [4.69, 9.17) is 0 Å². The maximum absolute atomic E-state index is 12.2. The van der Waals surface area contributed by atoms with E-state index in [0.29, 0.717) is 11.5 Å². The van der Waals surface area contributed by atoms with Gasteiger partial charge in [0.1, 0.15) is 0 Å². The van der Waals surface area contributed by atoms with Crippen molar-refractivity contribution >= 4 is 5.91 Å². The lowest BCUT2D eigenvalue weighted by atomic mass is 9.98. The Morgan fingerprint density at radius 2 is 2.18 bits per heavy atom. The molecule has 0 spiro atoms. The van der Waals surface area contributed by atoms with Gasteiger partial charge in [0.15, 0.2) is 0 Å². The molecule has 0 unspecified atom stereocenters. The molecule has 0 radical (unpaired) electrons. The van der Waals surface area contributed by atoms with Crippen LogP contribution in [0.5, 0.6) is 0 Å². The monoisotopic (exact) mass is 298 g/mol. The zero-order valence-electron chi connectivity index (χ0n) is 12.9. The second kappa shape index (κ2) is 6.75. The number of carbonyl (C=O) groups is 1. The number of piperidine rings is 1. The number of nitrogens with one attached hydrogen (secondary N) is 2. The second-order valence-electron chi connectivity index (χ2n) is 6.03. The predicted molar refractivity (Wildman–Crippen MR) is 86.6 cm³/mol. The molecule has 2 heterocycles. The van der Waals surface area contributed by atoms with Crippen LogP contribution in [0, 0.1) is 5.92 Å². The van der Waals surface area contributed by atoms with Crippen LogP contribution in [-0.4, -0.2) is 47.7 Å². The molecule has 1 saturated heterocycles. The third kappa shape index (κ3) is 3.54. The third-order valence-electron chi connectivity index (χ3n) is 4.23. The minimum Gasteiger partial charge on any atom is -0.352 e. The van der Waals surface area contributed by atoms with E-state index in [1.54, 1.807) is 6.20 Å². The van der Waals surface area contributed by atoms with Crippen molar-refractivity contribution in [3.8, 4) is 11.3 Å². The van der Waals surface area contributed by atoms with Gasteiger partial charge in [0.25, 0.3) is 5.91 Å². The van der Waals surface area contributed by atoms with Crippen LogP contribution in [0.1, 0.15) is 23.2 Å². The van der Waals surface area contributed by atoms with Crippen molar-refractivity contribution in [3.05, 3.63) is 42.1 Å². The summed E-state index contributed by atoms with van der Waals surface area (Å²) in [7, 11) is 2.14. The van der Waals surface area contributed by atoms with Gasteiger partial charge in [-0.15, -0.1) is 0 Å². The third-order valence-corrected chi connectivity index (χ3v) is 4.23. The Morgan fingerprint density at radius 3 is 2.86 bits per heavy atom. The summed E-state index contributed by atoms with van der Waals surface area (Å²) in [5.74, 6) is 0.566. The standard InChI is InChI=1S/C17H22N4O/c1-21-10-2-3-13(12-21)11-18-17(22)15-6-4-14(5-7-15)16-8-9-19-20-16/h4-9,13H,2-3,10-12H2,1H3,(H,18,22)(H,19,20)/t13-/m0/s1. The number of carbonyl (C=O) groups excluding carboxylic acids is 1. The molecule has 2 N–H and O–H groups in total. The first-order chi connectivity index (χ1) is 10.7. The number of likely N-dealkylation sites (tertiary alicyclic amines) is 1. The van der Waals surface area contributed by atoms with E-state index in [-0.39, 0.29) is 5.91 Å². The molecule has 1 aliphatic heterocycles. The van der Waals surface area contributed by atoms with Crippen molar-refractivity contribution in [1.29, 1.82) is 0 Å². The van der Waals surface area contributed by atoms with Crippen LogP contribution in [0.4, 0.5) is 0 Å². The van der Waals surface area contributed by atoms with Gasteiger partial charge in [-0.3, -0.25) is 9.89 Å². The topological polar surface area (TPSA) is 61.0 Å². The fraction of sp³-hybridized carbons (Fsp3) is 0.412. The fourth-order valence-electron chi connectivity index (χ4n) is 3.00. The van der Waals surface area contributed by atoms with Crippen molar-refractivity contribution in [2.75, 3.05) is 26.7 Å². The maximum Gasteiger partial charge on any atom is 0.251 e. The fourth-order valence-corrected chi connectivity index (χ4v) is 3.00. The molecule has 1 amide bonds. The highest BCUT2D eigenvalue weighted by Crippen LogP contribution is 2.17. The summed E-state index contributed by atoms with van der Waals surface area (Å²) in [6.45, 7) is 2.99. The van der Waals surface area contributed by atoms with Gasteiger partial charge in [-0.2, -0.15) is 5.10 Å². The number of nitrogens with zero attached hydrogens (tertiary/aromatic N) is 2. The number of rotatable bonds is 4. The van der Waals surface area contributed by atoms with Gasteiger partial charge in [-0.1, -0.05) is 12.1 Å². The Morgan fingerprint density at radius 1 is 1.36 bits per heavy atom. The summed E-state index contributed by atoms with van der Waals surface area (Å²) >= 11 is 0. The number of hydrogen-bond acceptors (Lipinski definition) is 3. The molecule has 5 heteroatoms. The highest BCUT2D eigenvalue weighted by molar-refractivity contribution is 5.94. The maximum atomic E-state index is 12.2. The first-order valence-electron chi connectivity index (χ1n) is 7.79. The molecule has 0 aliphatic carbocycles. The second-order valence-corrected chi connectivity index (χ2v) is 6.03. The van der Waals surface area contributed by atoms with Gasteiger partial charge >= 0.3 is 0 Å². The number of amides is 1. The van der Waals surface area contributed by atoms with Crippen LogP contribution in [0.25, 0.3) is 11.3 Å². The Hall–Kier alpha value is -2.14. The lowest BCUT2D eigenvalue weighted by molar-refractivity contribution is 0.0937. The van der Waals surface area contributed by atoms with Gasteiger partial charge in [0, 0.05) is 24.8 Å². The first-order valence-corrected chi connectivity index (χ1v) is 7.79. The van der Waals surface area contributed by atoms with E-state index in [1.165, 1.54) is 19.4 Å².